The minimum atomic E-state index is -0.694. The quantitative estimate of drug-likeness (QED) is 0.503. The number of nitrogens with one attached hydrogen (secondary N) is 2. The summed E-state index contributed by atoms with van der Waals surface area (Å²) in [5.41, 5.74) is 0.330. The zero-order valence-electron chi connectivity index (χ0n) is 10.5. The molecule has 0 radical (unpaired) electrons. The Bertz CT molecular complexity index is 712. The van der Waals surface area contributed by atoms with Crippen LogP contribution in [0.15, 0.2) is 42.5 Å². The van der Waals surface area contributed by atoms with Gasteiger partial charge in [0.15, 0.2) is 5.11 Å². The molecule has 0 saturated carbocycles. The molecule has 0 saturated heterocycles. The molecule has 0 aromatic heterocycles. The summed E-state index contributed by atoms with van der Waals surface area (Å²) >= 11 is 10.9. The minimum absolute atomic E-state index is 0.0981. The smallest absolute Gasteiger partial charge is 0.295 e. The molecule has 0 heterocycles. The Morgan fingerprint density at radius 3 is 2.67 bits per heavy atom. The zero-order chi connectivity index (χ0) is 15.4. The number of halogens is 2. The van der Waals surface area contributed by atoms with Gasteiger partial charge in [0.25, 0.3) is 5.69 Å². The van der Waals surface area contributed by atoms with E-state index in [4.69, 9.17) is 23.8 Å². The predicted octanol–water partition coefficient (Wildman–Crippen LogP) is 4.20. The van der Waals surface area contributed by atoms with E-state index in [1.807, 2.05) is 0 Å². The van der Waals surface area contributed by atoms with Gasteiger partial charge in [0, 0.05) is 10.7 Å². The Hall–Kier alpha value is -2.25. The van der Waals surface area contributed by atoms with Crippen molar-refractivity contribution >= 4 is 46.0 Å². The molecule has 2 aromatic carbocycles. The summed E-state index contributed by atoms with van der Waals surface area (Å²) in [5, 5.41) is 17.0. The SMILES string of the molecule is O=[N+]([O-])c1cc(F)ccc1NC(=S)Nc1cccc(Cl)c1. The predicted molar refractivity (Wildman–Crippen MR) is 84.3 cm³/mol. The van der Waals surface area contributed by atoms with Crippen LogP contribution >= 0.6 is 23.8 Å². The van der Waals surface area contributed by atoms with Gasteiger partial charge in [0.1, 0.15) is 11.5 Å². The van der Waals surface area contributed by atoms with E-state index in [9.17, 15) is 14.5 Å². The highest BCUT2D eigenvalue weighted by molar-refractivity contribution is 7.80. The molecule has 0 bridgehead atoms. The number of hydrogen-bond acceptors (Lipinski definition) is 3. The Kier molecular flexibility index (Phi) is 4.66. The van der Waals surface area contributed by atoms with E-state index in [0.717, 1.165) is 12.1 Å². The normalized spacial score (nSPS) is 10.0. The monoisotopic (exact) mass is 325 g/mol. The molecule has 0 unspecified atom stereocenters. The average molecular weight is 326 g/mol. The second-order valence-corrected chi connectivity index (χ2v) is 4.85. The number of nitro groups is 1. The molecular formula is C13H9ClFN3O2S. The van der Waals surface area contributed by atoms with Crippen molar-refractivity contribution in [3.05, 3.63) is 63.4 Å². The lowest BCUT2D eigenvalue weighted by Gasteiger charge is -2.11. The molecule has 21 heavy (non-hydrogen) atoms. The van der Waals surface area contributed by atoms with Crippen molar-refractivity contribution in [2.75, 3.05) is 10.6 Å². The van der Waals surface area contributed by atoms with Crippen molar-refractivity contribution in [3.63, 3.8) is 0 Å². The molecule has 0 aliphatic rings. The lowest BCUT2D eigenvalue weighted by molar-refractivity contribution is -0.384. The van der Waals surface area contributed by atoms with E-state index in [0.29, 0.717) is 10.7 Å². The number of thiocarbonyl (C=S) groups is 1. The largest absolute Gasteiger partial charge is 0.332 e. The van der Waals surface area contributed by atoms with Gasteiger partial charge in [0.05, 0.1) is 11.0 Å². The fourth-order valence-electron chi connectivity index (χ4n) is 1.61. The summed E-state index contributed by atoms with van der Waals surface area (Å²) in [6.07, 6.45) is 0. The number of benzene rings is 2. The van der Waals surface area contributed by atoms with Gasteiger partial charge in [-0.15, -0.1) is 0 Å². The van der Waals surface area contributed by atoms with E-state index in [1.165, 1.54) is 6.07 Å². The van der Waals surface area contributed by atoms with Crippen LogP contribution in [0.2, 0.25) is 5.02 Å². The first-order chi connectivity index (χ1) is 9.95. The zero-order valence-corrected chi connectivity index (χ0v) is 12.0. The van der Waals surface area contributed by atoms with E-state index >= 15 is 0 Å². The number of anilines is 2. The van der Waals surface area contributed by atoms with Crippen LogP contribution in [-0.2, 0) is 0 Å². The van der Waals surface area contributed by atoms with Gasteiger partial charge in [-0.05, 0) is 42.5 Å². The number of rotatable bonds is 3. The fraction of sp³-hybridized carbons (Fsp3) is 0. The highest BCUT2D eigenvalue weighted by Gasteiger charge is 2.15. The van der Waals surface area contributed by atoms with Crippen molar-refractivity contribution < 1.29 is 9.31 Å². The van der Waals surface area contributed by atoms with E-state index in [2.05, 4.69) is 10.6 Å². The highest BCUT2D eigenvalue weighted by Crippen LogP contribution is 2.25. The second-order valence-electron chi connectivity index (χ2n) is 4.01. The van der Waals surface area contributed by atoms with Gasteiger partial charge in [-0.1, -0.05) is 17.7 Å². The molecule has 0 atom stereocenters. The average Bonchev–Trinajstić information content (AvgIpc) is 2.40. The second kappa shape index (κ2) is 6.47. The van der Waals surface area contributed by atoms with Crippen LogP contribution in [0, 0.1) is 15.9 Å². The maximum absolute atomic E-state index is 13.0. The fourth-order valence-corrected chi connectivity index (χ4v) is 2.03. The first kappa shape index (κ1) is 15.1. The Morgan fingerprint density at radius 2 is 2.00 bits per heavy atom. The van der Waals surface area contributed by atoms with E-state index in [1.54, 1.807) is 24.3 Å². The van der Waals surface area contributed by atoms with Crippen molar-refractivity contribution in [1.29, 1.82) is 0 Å². The molecule has 0 spiro atoms. The van der Waals surface area contributed by atoms with Crippen LogP contribution in [0.1, 0.15) is 0 Å². The number of hydrogen-bond donors (Lipinski definition) is 2. The van der Waals surface area contributed by atoms with Crippen LogP contribution in [0.4, 0.5) is 21.5 Å². The molecule has 8 heteroatoms. The van der Waals surface area contributed by atoms with Gasteiger partial charge in [-0.3, -0.25) is 10.1 Å². The summed E-state index contributed by atoms with van der Waals surface area (Å²) < 4.78 is 13.0. The van der Waals surface area contributed by atoms with Crippen molar-refractivity contribution in [2.24, 2.45) is 0 Å². The molecule has 0 fully saturated rings. The van der Waals surface area contributed by atoms with E-state index < -0.39 is 16.4 Å². The van der Waals surface area contributed by atoms with Gasteiger partial charge < -0.3 is 10.6 Å². The first-order valence-corrected chi connectivity index (χ1v) is 6.52. The Labute approximate surface area is 129 Å². The molecule has 2 N–H and O–H groups in total. The standard InChI is InChI=1S/C13H9ClFN3O2S/c14-8-2-1-3-10(6-8)16-13(21)17-11-5-4-9(15)7-12(11)18(19)20/h1-7H,(H2,16,17,21). The molecule has 5 nitrogen and oxygen atoms in total. The van der Waals surface area contributed by atoms with Crippen molar-refractivity contribution in [3.8, 4) is 0 Å². The van der Waals surface area contributed by atoms with Crippen LogP contribution < -0.4 is 10.6 Å². The van der Waals surface area contributed by atoms with Gasteiger partial charge in [0.2, 0.25) is 0 Å². The summed E-state index contributed by atoms with van der Waals surface area (Å²) in [5.74, 6) is -0.694. The number of nitro benzene ring substituents is 1. The van der Waals surface area contributed by atoms with Crippen LogP contribution in [0.3, 0.4) is 0 Å². The summed E-state index contributed by atoms with van der Waals surface area (Å²) in [7, 11) is 0. The maximum atomic E-state index is 13.0. The molecule has 2 aromatic rings. The van der Waals surface area contributed by atoms with Crippen LogP contribution in [0.5, 0.6) is 0 Å². The van der Waals surface area contributed by atoms with Crippen molar-refractivity contribution in [2.45, 2.75) is 0 Å². The molecule has 0 aliphatic heterocycles. The van der Waals surface area contributed by atoms with Gasteiger partial charge in [-0.25, -0.2) is 4.39 Å². The highest BCUT2D eigenvalue weighted by atomic mass is 35.5. The van der Waals surface area contributed by atoms with Crippen LogP contribution in [0.25, 0.3) is 0 Å². The lowest BCUT2D eigenvalue weighted by Crippen LogP contribution is -2.19. The minimum Gasteiger partial charge on any atom is -0.332 e. The third-order valence-corrected chi connectivity index (χ3v) is 2.93. The summed E-state index contributed by atoms with van der Waals surface area (Å²) in [4.78, 5) is 10.2. The summed E-state index contributed by atoms with van der Waals surface area (Å²) in [6.45, 7) is 0. The summed E-state index contributed by atoms with van der Waals surface area (Å²) in [6, 6.07) is 10.00. The Balaban J connectivity index is 2.15. The molecular weight excluding hydrogens is 317 g/mol. The third-order valence-electron chi connectivity index (χ3n) is 2.49. The van der Waals surface area contributed by atoms with Gasteiger partial charge >= 0.3 is 0 Å². The molecule has 2 rings (SSSR count). The first-order valence-electron chi connectivity index (χ1n) is 5.73. The van der Waals surface area contributed by atoms with E-state index in [-0.39, 0.29) is 10.8 Å². The molecule has 108 valence electrons. The third kappa shape index (κ3) is 4.11. The van der Waals surface area contributed by atoms with Gasteiger partial charge in [-0.2, -0.15) is 0 Å². The molecule has 0 aliphatic carbocycles. The number of nitrogens with zero attached hydrogens (tertiary/aromatic N) is 1. The Morgan fingerprint density at radius 1 is 1.24 bits per heavy atom. The molecule has 0 amide bonds. The van der Waals surface area contributed by atoms with Crippen molar-refractivity contribution in [1.82, 2.24) is 0 Å². The lowest BCUT2D eigenvalue weighted by atomic mass is 10.2. The topological polar surface area (TPSA) is 67.2 Å². The maximum Gasteiger partial charge on any atom is 0.295 e. The van der Waals surface area contributed by atoms with Crippen LogP contribution in [-0.4, -0.2) is 10.0 Å².